The van der Waals surface area contributed by atoms with Crippen LogP contribution in [0, 0.1) is 11.5 Å². The van der Waals surface area contributed by atoms with Crippen LogP contribution in [0.15, 0.2) is 78.9 Å². The smallest absolute Gasteiger partial charge is 0.163 e. The molecule has 4 heteroatoms. The first kappa shape index (κ1) is 27.1. The highest BCUT2D eigenvalue weighted by atomic mass is 15.3. The summed E-state index contributed by atoms with van der Waals surface area (Å²) in [6, 6.07) is 28.5. The Morgan fingerprint density at radius 3 is 1.46 bits per heavy atom. The third kappa shape index (κ3) is 5.09. The predicted octanol–water partition coefficient (Wildman–Crippen LogP) is 9.05. The van der Waals surface area contributed by atoms with E-state index in [1.807, 2.05) is 36.4 Å². The van der Waals surface area contributed by atoms with E-state index in [0.29, 0.717) is 23.5 Å². The summed E-state index contributed by atoms with van der Waals surface area (Å²) in [5, 5.41) is 0. The number of hydrogen-bond acceptors (Lipinski definition) is 4. The minimum absolute atomic E-state index is 0.125. The van der Waals surface area contributed by atoms with Crippen LogP contribution in [0.5, 0.6) is 0 Å². The fourth-order valence-electron chi connectivity index (χ4n) is 6.35. The summed E-state index contributed by atoms with van der Waals surface area (Å²) in [6.07, 6.45) is 0.992. The summed E-state index contributed by atoms with van der Waals surface area (Å²) in [5.41, 5.74) is 5.76. The van der Waals surface area contributed by atoms with Crippen LogP contribution in [0.2, 0.25) is 0 Å². The standard InChI is InChI=1S/C35H41N4/c1-23(2)27-20-15-21-28(24(3)4)29(27)39-30(34(5,6)22-35(39,7)8)33-37-31(25-16-11-9-12-17-25)36-32(38-33)26-18-13-10-14-19-26/h9-21,23-24H,22H2,1-8H3. The van der Waals surface area contributed by atoms with Crippen LogP contribution in [0.4, 0.5) is 5.69 Å². The van der Waals surface area contributed by atoms with E-state index in [2.05, 4.69) is 103 Å². The number of nitrogens with zero attached hydrogens (tertiary/aromatic N) is 4. The highest BCUT2D eigenvalue weighted by Gasteiger charge is 2.55. The van der Waals surface area contributed by atoms with Gasteiger partial charge in [0.2, 0.25) is 0 Å². The monoisotopic (exact) mass is 517 g/mol. The SMILES string of the molecule is CC(C)c1cccc(C(C)C)c1N1[C](c2nc(-c3ccccc3)nc(-c3ccccc3)n2)C(C)(C)CC1(C)C. The molecule has 4 nitrogen and oxygen atoms in total. The molecule has 0 saturated carbocycles. The molecule has 1 aliphatic rings. The second-order valence-electron chi connectivity index (χ2n) is 12.7. The van der Waals surface area contributed by atoms with Crippen LogP contribution in [0.3, 0.4) is 0 Å². The van der Waals surface area contributed by atoms with Gasteiger partial charge in [-0.2, -0.15) is 0 Å². The number of aromatic nitrogens is 3. The molecule has 0 spiro atoms. The van der Waals surface area contributed by atoms with Gasteiger partial charge in [-0.15, -0.1) is 0 Å². The molecule has 201 valence electrons. The molecule has 4 aromatic rings. The molecule has 0 bridgehead atoms. The van der Waals surface area contributed by atoms with Crippen molar-refractivity contribution >= 4 is 5.69 Å². The third-order valence-electron chi connectivity index (χ3n) is 7.82. The zero-order chi connectivity index (χ0) is 27.9. The third-order valence-corrected chi connectivity index (χ3v) is 7.82. The van der Waals surface area contributed by atoms with Gasteiger partial charge in [-0.05, 0) is 43.2 Å². The first-order valence-electron chi connectivity index (χ1n) is 14.2. The van der Waals surface area contributed by atoms with E-state index in [1.165, 1.54) is 22.9 Å². The van der Waals surface area contributed by atoms with E-state index in [-0.39, 0.29) is 11.0 Å². The Morgan fingerprint density at radius 1 is 0.590 bits per heavy atom. The summed E-state index contributed by atoms with van der Waals surface area (Å²) in [7, 11) is 0. The molecule has 0 N–H and O–H groups in total. The summed E-state index contributed by atoms with van der Waals surface area (Å²) in [5.74, 6) is 2.93. The first-order chi connectivity index (χ1) is 18.5. The lowest BCUT2D eigenvalue weighted by atomic mass is 9.81. The Morgan fingerprint density at radius 2 is 1.03 bits per heavy atom. The number of rotatable bonds is 6. The summed E-state index contributed by atoms with van der Waals surface area (Å²) >= 11 is 0. The van der Waals surface area contributed by atoms with Gasteiger partial charge in [-0.1, -0.05) is 120 Å². The van der Waals surface area contributed by atoms with Crippen molar-refractivity contribution in [3.63, 3.8) is 0 Å². The lowest BCUT2D eigenvalue weighted by Crippen LogP contribution is -2.42. The Labute approximate surface area is 234 Å². The molecule has 2 heterocycles. The Kier molecular flexibility index (Phi) is 7.09. The molecule has 1 fully saturated rings. The van der Waals surface area contributed by atoms with E-state index in [1.54, 1.807) is 0 Å². The molecule has 5 rings (SSSR count). The van der Waals surface area contributed by atoms with Crippen LogP contribution in [-0.4, -0.2) is 20.5 Å². The number of anilines is 1. The van der Waals surface area contributed by atoms with Gasteiger partial charge in [0.1, 0.15) is 6.04 Å². The fourth-order valence-corrected chi connectivity index (χ4v) is 6.35. The Bertz CT molecular complexity index is 1350. The van der Waals surface area contributed by atoms with Crippen molar-refractivity contribution in [2.24, 2.45) is 5.41 Å². The molecule has 0 amide bonds. The molecule has 1 aliphatic heterocycles. The van der Waals surface area contributed by atoms with Crippen LogP contribution in [-0.2, 0) is 0 Å². The van der Waals surface area contributed by atoms with E-state index in [9.17, 15) is 0 Å². The van der Waals surface area contributed by atoms with E-state index >= 15 is 0 Å². The highest BCUT2D eigenvalue weighted by molar-refractivity contribution is 5.70. The average molecular weight is 518 g/mol. The number of para-hydroxylation sites is 1. The first-order valence-corrected chi connectivity index (χ1v) is 14.2. The normalized spacial score (nSPS) is 16.8. The summed E-state index contributed by atoms with van der Waals surface area (Å²) in [6.45, 7) is 18.6. The van der Waals surface area contributed by atoms with Gasteiger partial charge in [-0.3, -0.25) is 0 Å². The molecule has 1 saturated heterocycles. The van der Waals surface area contributed by atoms with Crippen LogP contribution >= 0.6 is 0 Å². The van der Waals surface area contributed by atoms with E-state index in [0.717, 1.165) is 23.4 Å². The summed E-state index contributed by atoms with van der Waals surface area (Å²) in [4.78, 5) is 17.9. The number of benzene rings is 3. The molecule has 0 aliphatic carbocycles. The van der Waals surface area contributed by atoms with E-state index < -0.39 is 0 Å². The molecular formula is C35H41N4. The van der Waals surface area contributed by atoms with Crippen molar-refractivity contribution < 1.29 is 0 Å². The van der Waals surface area contributed by atoms with Crippen molar-refractivity contribution in [1.29, 1.82) is 0 Å². The van der Waals surface area contributed by atoms with Crippen molar-refractivity contribution in [1.82, 2.24) is 15.0 Å². The Balaban J connectivity index is 1.80. The summed E-state index contributed by atoms with van der Waals surface area (Å²) < 4.78 is 0. The van der Waals surface area contributed by atoms with Gasteiger partial charge >= 0.3 is 0 Å². The quantitative estimate of drug-likeness (QED) is 0.256. The maximum Gasteiger partial charge on any atom is 0.163 e. The van der Waals surface area contributed by atoms with Crippen molar-refractivity contribution in [2.75, 3.05) is 4.90 Å². The molecular weight excluding hydrogens is 476 g/mol. The van der Waals surface area contributed by atoms with Gasteiger partial charge in [-0.25, -0.2) is 15.0 Å². The molecule has 39 heavy (non-hydrogen) atoms. The maximum atomic E-state index is 5.20. The van der Waals surface area contributed by atoms with Gasteiger partial charge in [0.15, 0.2) is 17.5 Å². The minimum Gasteiger partial charge on any atom is -0.350 e. The predicted molar refractivity (Wildman–Crippen MR) is 163 cm³/mol. The van der Waals surface area contributed by atoms with Crippen molar-refractivity contribution in [3.8, 4) is 22.8 Å². The number of hydrogen-bond donors (Lipinski definition) is 0. The van der Waals surface area contributed by atoms with Crippen LogP contribution in [0.25, 0.3) is 22.8 Å². The molecule has 1 aromatic heterocycles. The van der Waals surface area contributed by atoms with Gasteiger partial charge < -0.3 is 4.90 Å². The average Bonchev–Trinajstić information content (AvgIpc) is 3.11. The van der Waals surface area contributed by atoms with Gasteiger partial charge in [0.25, 0.3) is 0 Å². The molecule has 1 radical (unpaired) electrons. The van der Waals surface area contributed by atoms with Crippen LogP contribution in [0.1, 0.15) is 90.6 Å². The minimum atomic E-state index is -0.148. The lowest BCUT2D eigenvalue weighted by Gasteiger charge is -2.41. The van der Waals surface area contributed by atoms with Gasteiger partial charge in [0.05, 0.1) is 0 Å². The molecule has 3 aromatic carbocycles. The van der Waals surface area contributed by atoms with Gasteiger partial charge in [0, 0.05) is 27.8 Å². The topological polar surface area (TPSA) is 41.9 Å². The molecule has 0 atom stereocenters. The largest absolute Gasteiger partial charge is 0.350 e. The molecule has 0 unspecified atom stereocenters. The second-order valence-corrected chi connectivity index (χ2v) is 12.7. The zero-order valence-corrected chi connectivity index (χ0v) is 24.7. The highest BCUT2D eigenvalue weighted by Crippen LogP contribution is 2.57. The zero-order valence-electron chi connectivity index (χ0n) is 24.7. The fraction of sp³-hybridized carbons (Fsp3) is 0.371. The Hall–Kier alpha value is -3.53. The lowest BCUT2D eigenvalue weighted by molar-refractivity contribution is 0.374. The maximum absolute atomic E-state index is 5.20. The van der Waals surface area contributed by atoms with Crippen molar-refractivity contribution in [3.05, 3.63) is 102 Å². The second kappa shape index (κ2) is 10.2. The van der Waals surface area contributed by atoms with E-state index in [4.69, 9.17) is 15.0 Å². The van der Waals surface area contributed by atoms with Crippen molar-refractivity contribution in [2.45, 2.75) is 79.2 Å². The van der Waals surface area contributed by atoms with Crippen LogP contribution < -0.4 is 4.90 Å².